The van der Waals surface area contributed by atoms with Gasteiger partial charge < -0.3 is 15.2 Å². The summed E-state index contributed by atoms with van der Waals surface area (Å²) in [4.78, 5) is 24.8. The summed E-state index contributed by atoms with van der Waals surface area (Å²) in [6, 6.07) is 5.46. The Hall–Kier alpha value is -3.33. The number of hydrogen-bond donors (Lipinski definition) is 2. The zero-order valence-corrected chi connectivity index (χ0v) is 23.5. The lowest BCUT2D eigenvalue weighted by atomic mass is 9.86. The Morgan fingerprint density at radius 1 is 1.07 bits per heavy atom. The summed E-state index contributed by atoms with van der Waals surface area (Å²) in [7, 11) is -4.48. The van der Waals surface area contributed by atoms with E-state index in [1.807, 2.05) is 0 Å². The Labute approximate surface area is 237 Å². The molecule has 0 aromatic heterocycles. The first-order valence-corrected chi connectivity index (χ1v) is 14.2. The van der Waals surface area contributed by atoms with Gasteiger partial charge in [-0.05, 0) is 57.4 Å². The Morgan fingerprint density at radius 3 is 2.19 bits per heavy atom. The van der Waals surface area contributed by atoms with Gasteiger partial charge in [0.15, 0.2) is 0 Å². The number of esters is 1. The average molecular weight is 623 g/mol. The van der Waals surface area contributed by atoms with E-state index in [9.17, 15) is 49.5 Å². The summed E-state index contributed by atoms with van der Waals surface area (Å²) < 4.78 is 115. The van der Waals surface area contributed by atoms with Gasteiger partial charge in [-0.15, -0.1) is 0 Å². The van der Waals surface area contributed by atoms with Crippen molar-refractivity contribution in [1.82, 2.24) is 5.32 Å². The van der Waals surface area contributed by atoms with Crippen LogP contribution in [0.5, 0.6) is 0 Å². The Kier molecular flexibility index (Phi) is 7.85. The van der Waals surface area contributed by atoms with Crippen LogP contribution < -0.4 is 9.62 Å². The van der Waals surface area contributed by atoms with Crippen LogP contribution in [0.25, 0.3) is 0 Å². The first kappa shape index (κ1) is 31.6. The van der Waals surface area contributed by atoms with Gasteiger partial charge in [-0.2, -0.15) is 26.3 Å². The van der Waals surface area contributed by atoms with Crippen LogP contribution >= 0.6 is 0 Å². The molecule has 1 fully saturated rings. The molecule has 15 heteroatoms. The number of benzene rings is 2. The van der Waals surface area contributed by atoms with E-state index in [1.165, 1.54) is 24.3 Å². The van der Waals surface area contributed by atoms with Crippen molar-refractivity contribution < 1.29 is 54.2 Å². The van der Waals surface area contributed by atoms with Crippen LogP contribution in [-0.4, -0.2) is 56.4 Å². The molecule has 0 bridgehead atoms. The van der Waals surface area contributed by atoms with E-state index in [-0.39, 0.29) is 35.6 Å². The van der Waals surface area contributed by atoms with Crippen molar-refractivity contribution in [2.75, 3.05) is 10.9 Å². The van der Waals surface area contributed by atoms with Gasteiger partial charge in [-0.3, -0.25) is 13.9 Å². The number of sulfonamides is 1. The highest BCUT2D eigenvalue weighted by Gasteiger charge is 2.71. The third kappa shape index (κ3) is 5.32. The molecule has 42 heavy (non-hydrogen) atoms. The SMILES string of the molecule is Cc1ccc(S(=O)(=O)N2c3ccc(C(O)(C(F)(F)F)C(F)(F)F)cc3CCC2CC(=O)NC2COC(=O)C2(C)C)cc1. The molecule has 0 aliphatic carbocycles. The molecule has 2 N–H and O–H groups in total. The van der Waals surface area contributed by atoms with Crippen LogP contribution in [0.1, 0.15) is 43.4 Å². The zero-order chi connectivity index (χ0) is 31.5. The molecule has 2 aromatic carbocycles. The molecule has 8 nitrogen and oxygen atoms in total. The molecule has 2 aliphatic heterocycles. The van der Waals surface area contributed by atoms with Crippen LogP contribution in [0, 0.1) is 12.3 Å². The van der Waals surface area contributed by atoms with E-state index >= 15 is 0 Å². The second-order valence-electron chi connectivity index (χ2n) is 11.0. The number of aliphatic hydroxyl groups is 1. The number of halogens is 6. The van der Waals surface area contributed by atoms with E-state index in [4.69, 9.17) is 4.74 Å². The maximum atomic E-state index is 13.9. The molecule has 2 atom stereocenters. The first-order chi connectivity index (χ1) is 19.2. The van der Waals surface area contributed by atoms with Crippen LogP contribution in [-0.2, 0) is 36.4 Å². The number of cyclic esters (lactones) is 1. The molecule has 2 unspecified atom stereocenters. The minimum Gasteiger partial charge on any atom is -0.463 e. The van der Waals surface area contributed by atoms with Gasteiger partial charge >= 0.3 is 18.3 Å². The summed E-state index contributed by atoms with van der Waals surface area (Å²) in [5, 5.41) is 12.5. The molecule has 1 saturated heterocycles. The molecule has 2 aromatic rings. The second-order valence-corrected chi connectivity index (χ2v) is 12.8. The Morgan fingerprint density at radius 2 is 1.67 bits per heavy atom. The number of carbonyl (C=O) groups excluding carboxylic acids is 2. The van der Waals surface area contributed by atoms with Gasteiger partial charge in [0.1, 0.15) is 6.61 Å². The molecular formula is C27H28F6N2O6S. The number of aryl methyl sites for hydroxylation is 2. The largest absolute Gasteiger partial charge is 0.463 e. The molecular weight excluding hydrogens is 594 g/mol. The van der Waals surface area contributed by atoms with Gasteiger partial charge in [0.2, 0.25) is 5.91 Å². The number of hydrogen-bond acceptors (Lipinski definition) is 6. The quantitative estimate of drug-likeness (QED) is 0.368. The van der Waals surface area contributed by atoms with Gasteiger partial charge in [0, 0.05) is 12.0 Å². The smallest absolute Gasteiger partial charge is 0.430 e. The van der Waals surface area contributed by atoms with Crippen molar-refractivity contribution in [3.63, 3.8) is 0 Å². The topological polar surface area (TPSA) is 113 Å². The standard InChI is InChI=1S/C27H28F6N2O6S/c1-15-4-9-19(10-5-15)42(39,40)35-18(13-22(36)34-21-14-41-23(37)24(21,2)3)8-6-16-12-17(7-11-20(16)35)25(38,26(28,29)30)27(31,32)33/h4-5,7,9-12,18,21,38H,6,8,13-14H2,1-3H3,(H,34,36). The number of nitrogens with one attached hydrogen (secondary N) is 1. The van der Waals surface area contributed by atoms with Crippen molar-refractivity contribution >= 4 is 27.6 Å². The van der Waals surface area contributed by atoms with Gasteiger partial charge in [-0.25, -0.2) is 8.42 Å². The Balaban J connectivity index is 1.76. The summed E-state index contributed by atoms with van der Waals surface area (Å²) in [6.45, 7) is 4.75. The van der Waals surface area contributed by atoms with E-state index in [1.54, 1.807) is 20.8 Å². The van der Waals surface area contributed by atoms with Crippen molar-refractivity contribution in [2.45, 2.75) is 75.0 Å². The maximum Gasteiger partial charge on any atom is 0.430 e. The molecule has 1 amide bonds. The average Bonchev–Trinajstić information content (AvgIpc) is 3.12. The molecule has 0 spiro atoms. The van der Waals surface area contributed by atoms with Crippen LogP contribution in [0.4, 0.5) is 32.0 Å². The number of ether oxygens (including phenoxy) is 1. The number of carbonyl (C=O) groups is 2. The number of nitrogens with zero attached hydrogens (tertiary/aromatic N) is 1. The number of rotatable bonds is 6. The van der Waals surface area contributed by atoms with E-state index < -0.39 is 69.3 Å². The fourth-order valence-electron chi connectivity index (χ4n) is 5.07. The van der Waals surface area contributed by atoms with Crippen molar-refractivity contribution in [3.05, 3.63) is 59.2 Å². The van der Waals surface area contributed by atoms with Gasteiger partial charge in [0.25, 0.3) is 15.6 Å². The third-order valence-corrected chi connectivity index (χ3v) is 9.63. The number of anilines is 1. The lowest BCUT2D eigenvalue weighted by Gasteiger charge is -2.39. The molecule has 4 rings (SSSR count). The minimum atomic E-state index is -6.12. The Bertz CT molecular complexity index is 1470. The summed E-state index contributed by atoms with van der Waals surface area (Å²) >= 11 is 0. The highest BCUT2D eigenvalue weighted by molar-refractivity contribution is 7.92. The first-order valence-electron chi connectivity index (χ1n) is 12.8. The highest BCUT2D eigenvalue weighted by Crippen LogP contribution is 2.51. The summed E-state index contributed by atoms with van der Waals surface area (Å²) in [5.41, 5.74) is -7.45. The van der Waals surface area contributed by atoms with Gasteiger partial charge in [-0.1, -0.05) is 29.8 Å². The van der Waals surface area contributed by atoms with Crippen molar-refractivity contribution in [2.24, 2.45) is 5.41 Å². The van der Waals surface area contributed by atoms with Gasteiger partial charge in [0.05, 0.1) is 28.1 Å². The molecule has 2 heterocycles. The highest BCUT2D eigenvalue weighted by atomic mass is 32.2. The van der Waals surface area contributed by atoms with E-state index in [0.717, 1.165) is 15.9 Å². The lowest BCUT2D eigenvalue weighted by molar-refractivity contribution is -0.376. The predicted octanol–water partition coefficient (Wildman–Crippen LogP) is 4.28. The number of alkyl halides is 6. The van der Waals surface area contributed by atoms with Crippen molar-refractivity contribution in [1.29, 1.82) is 0 Å². The molecule has 0 saturated carbocycles. The monoisotopic (exact) mass is 622 g/mol. The molecule has 0 radical (unpaired) electrons. The summed E-state index contributed by atoms with van der Waals surface area (Å²) in [5.74, 6) is -1.17. The number of fused-ring (bicyclic) bond motifs is 1. The number of amides is 1. The van der Waals surface area contributed by atoms with Crippen molar-refractivity contribution in [3.8, 4) is 0 Å². The molecule has 2 aliphatic rings. The van der Waals surface area contributed by atoms with E-state index in [2.05, 4.69) is 5.32 Å². The fourth-order valence-corrected chi connectivity index (χ4v) is 6.79. The van der Waals surface area contributed by atoms with E-state index in [0.29, 0.717) is 12.1 Å². The lowest BCUT2D eigenvalue weighted by Crippen LogP contribution is -2.54. The minimum absolute atomic E-state index is 0.0967. The zero-order valence-electron chi connectivity index (χ0n) is 22.6. The normalized spacial score (nSPS) is 21.1. The predicted molar refractivity (Wildman–Crippen MR) is 137 cm³/mol. The maximum absolute atomic E-state index is 13.9. The van der Waals surface area contributed by atoms with Crippen LogP contribution in [0.15, 0.2) is 47.4 Å². The third-order valence-electron chi connectivity index (χ3n) is 7.75. The summed E-state index contributed by atoms with van der Waals surface area (Å²) in [6.07, 6.45) is -13.0. The fraction of sp³-hybridized carbons (Fsp3) is 0.481. The van der Waals surface area contributed by atoms with Crippen LogP contribution in [0.3, 0.4) is 0 Å². The second kappa shape index (κ2) is 10.4. The molecule has 230 valence electrons. The van der Waals surface area contributed by atoms with Crippen LogP contribution in [0.2, 0.25) is 0 Å².